The summed E-state index contributed by atoms with van der Waals surface area (Å²) in [6.07, 6.45) is 32.0. The van der Waals surface area contributed by atoms with Gasteiger partial charge in [-0.25, -0.2) is 0 Å². The second-order valence-electron chi connectivity index (χ2n) is 10.5. The van der Waals surface area contributed by atoms with Gasteiger partial charge in [0.2, 0.25) is 5.91 Å². The van der Waals surface area contributed by atoms with E-state index in [1.54, 1.807) is 47.5 Å². The van der Waals surface area contributed by atoms with E-state index < -0.39 is 0 Å². The van der Waals surface area contributed by atoms with E-state index in [0.29, 0.717) is 49.4 Å². The number of anilines is 1. The first-order valence-corrected chi connectivity index (χ1v) is 15.7. The molecule has 0 unspecified atom stereocenters. The van der Waals surface area contributed by atoms with Gasteiger partial charge in [-0.2, -0.15) is 0 Å². The minimum Gasteiger partial charge on any atom is -0.339 e. The number of piperazine rings is 1. The van der Waals surface area contributed by atoms with Gasteiger partial charge in [-0.15, -0.1) is 0 Å². The van der Waals surface area contributed by atoms with Crippen molar-refractivity contribution in [1.29, 1.82) is 0 Å². The molecule has 0 spiro atoms. The lowest BCUT2D eigenvalue weighted by Gasteiger charge is -2.35. The van der Waals surface area contributed by atoms with E-state index in [-0.39, 0.29) is 17.7 Å². The van der Waals surface area contributed by atoms with Crippen molar-refractivity contribution >= 4 is 23.4 Å². The Labute approximate surface area is 262 Å². The number of rotatable bonds is 16. The van der Waals surface area contributed by atoms with Crippen molar-refractivity contribution in [2.45, 2.75) is 58.3 Å². The van der Waals surface area contributed by atoms with Crippen LogP contribution in [-0.2, 0) is 4.79 Å². The second-order valence-corrected chi connectivity index (χ2v) is 10.5. The third-order valence-electron chi connectivity index (χ3n) is 7.17. The highest BCUT2D eigenvalue weighted by Crippen LogP contribution is 2.20. The molecule has 1 N–H and O–H groups in total. The van der Waals surface area contributed by atoms with E-state index in [9.17, 15) is 14.4 Å². The number of amides is 3. The fourth-order valence-electron chi connectivity index (χ4n) is 4.70. The molecule has 3 rings (SSSR count). The molecule has 1 saturated heterocycles. The molecule has 7 nitrogen and oxygen atoms in total. The average molecular weight is 595 g/mol. The first kappa shape index (κ1) is 34.0. The maximum atomic E-state index is 13.3. The van der Waals surface area contributed by atoms with Gasteiger partial charge in [0.05, 0.1) is 16.8 Å². The van der Waals surface area contributed by atoms with Crippen LogP contribution in [0.25, 0.3) is 0 Å². The van der Waals surface area contributed by atoms with Crippen molar-refractivity contribution < 1.29 is 14.4 Å². The van der Waals surface area contributed by atoms with Crippen LogP contribution in [0.1, 0.15) is 79.0 Å². The van der Waals surface area contributed by atoms with E-state index in [2.05, 4.69) is 78.0 Å². The quantitative estimate of drug-likeness (QED) is 0.161. The number of carbonyl (C=O) groups is 3. The summed E-state index contributed by atoms with van der Waals surface area (Å²) in [7, 11) is 0. The fourth-order valence-corrected chi connectivity index (χ4v) is 4.70. The molecule has 7 heteroatoms. The first-order chi connectivity index (χ1) is 21.6. The first-order valence-electron chi connectivity index (χ1n) is 15.7. The largest absolute Gasteiger partial charge is 0.339 e. The Balaban J connectivity index is 1.30. The molecule has 3 amide bonds. The van der Waals surface area contributed by atoms with Crippen molar-refractivity contribution in [3.05, 3.63) is 121 Å². The normalized spacial score (nSPS) is 14.1. The molecule has 0 aliphatic carbocycles. The van der Waals surface area contributed by atoms with Gasteiger partial charge in [-0.05, 0) is 69.2 Å². The van der Waals surface area contributed by atoms with Gasteiger partial charge in [0, 0.05) is 45.0 Å². The lowest BCUT2D eigenvalue weighted by Crippen LogP contribution is -2.50. The lowest BCUT2D eigenvalue weighted by molar-refractivity contribution is -0.132. The molecule has 0 atom stereocenters. The molecule has 1 aliphatic heterocycles. The van der Waals surface area contributed by atoms with Crippen LogP contribution >= 0.6 is 0 Å². The zero-order chi connectivity index (χ0) is 31.2. The Bertz CT molecular complexity index is 1320. The third kappa shape index (κ3) is 12.4. The van der Waals surface area contributed by atoms with Crippen LogP contribution in [0.15, 0.2) is 110 Å². The molecule has 44 heavy (non-hydrogen) atoms. The number of aromatic nitrogens is 1. The van der Waals surface area contributed by atoms with E-state index in [0.717, 1.165) is 44.9 Å². The molecular formula is C37H46N4O3. The maximum Gasteiger partial charge on any atom is 0.257 e. The predicted molar refractivity (Wildman–Crippen MR) is 179 cm³/mol. The minimum atomic E-state index is -0.321. The van der Waals surface area contributed by atoms with Crippen molar-refractivity contribution in [3.63, 3.8) is 0 Å². The van der Waals surface area contributed by atoms with Gasteiger partial charge >= 0.3 is 0 Å². The van der Waals surface area contributed by atoms with E-state index in [1.165, 1.54) is 6.20 Å². The zero-order valence-corrected chi connectivity index (χ0v) is 25.9. The molecule has 2 heterocycles. The van der Waals surface area contributed by atoms with Crippen LogP contribution in [0.5, 0.6) is 0 Å². The van der Waals surface area contributed by atoms with Gasteiger partial charge in [-0.3, -0.25) is 19.4 Å². The van der Waals surface area contributed by atoms with E-state index in [4.69, 9.17) is 0 Å². The number of hydrogen-bond donors (Lipinski definition) is 1. The van der Waals surface area contributed by atoms with Gasteiger partial charge < -0.3 is 15.1 Å². The number of para-hydroxylation sites is 1. The summed E-state index contributed by atoms with van der Waals surface area (Å²) in [4.78, 5) is 46.2. The number of unbranched alkanes of at least 4 members (excludes halogenated alkanes) is 1. The number of allylic oxidation sites excluding steroid dienone is 10. The molecule has 2 aromatic rings. The van der Waals surface area contributed by atoms with Crippen LogP contribution < -0.4 is 5.32 Å². The molecule has 0 bridgehead atoms. The Morgan fingerprint density at radius 2 is 1.34 bits per heavy atom. The summed E-state index contributed by atoms with van der Waals surface area (Å²) in [6, 6.07) is 10.4. The van der Waals surface area contributed by atoms with Crippen LogP contribution in [0.3, 0.4) is 0 Å². The van der Waals surface area contributed by atoms with E-state index >= 15 is 0 Å². The predicted octanol–water partition coefficient (Wildman–Crippen LogP) is 7.54. The lowest BCUT2D eigenvalue weighted by atomic mass is 10.1. The summed E-state index contributed by atoms with van der Waals surface area (Å²) < 4.78 is 0. The number of carbonyl (C=O) groups excluding carboxylic acids is 3. The Hall–Kier alpha value is -4.52. The van der Waals surface area contributed by atoms with Crippen molar-refractivity contribution in [3.8, 4) is 0 Å². The smallest absolute Gasteiger partial charge is 0.257 e. The van der Waals surface area contributed by atoms with Gasteiger partial charge in [-0.1, -0.05) is 79.8 Å². The number of pyridine rings is 1. The van der Waals surface area contributed by atoms with Crippen LogP contribution in [0.2, 0.25) is 0 Å². The molecule has 1 aliphatic rings. The molecule has 0 radical (unpaired) electrons. The number of benzene rings is 1. The molecule has 1 aromatic heterocycles. The SMILES string of the molecule is CC/C=C\C/C=C\C/C=C\C/C=C\C/C=C\CCCC(=O)N1CCN(C(=O)c2ccccc2NC(=O)c2cccnc2)CC1. The molecule has 232 valence electrons. The number of hydrogen-bond acceptors (Lipinski definition) is 4. The molecule has 0 saturated carbocycles. The highest BCUT2D eigenvalue weighted by molar-refractivity contribution is 6.08. The van der Waals surface area contributed by atoms with E-state index in [1.807, 2.05) is 4.90 Å². The molecule has 1 fully saturated rings. The fraction of sp³-hybridized carbons (Fsp3) is 0.351. The summed E-state index contributed by atoms with van der Waals surface area (Å²) in [5.41, 5.74) is 1.31. The highest BCUT2D eigenvalue weighted by Gasteiger charge is 2.26. The standard InChI is InChI=1S/C37H46N4O3/c1-2-3-4-5-6-7-8-9-10-11-12-13-14-15-16-17-18-25-35(42)40-27-29-41(30-28-40)37(44)33-23-19-20-24-34(33)39-36(43)32-22-21-26-38-31-32/h3-4,6-7,9-10,12-13,15-16,19-24,26,31H,2,5,8,11,14,17-18,25,27-30H2,1H3,(H,39,43)/b4-3-,7-6-,10-9-,13-12-,16-15-. The number of nitrogens with one attached hydrogen (secondary N) is 1. The van der Waals surface area contributed by atoms with Gasteiger partial charge in [0.25, 0.3) is 11.8 Å². The second kappa shape index (κ2) is 20.4. The van der Waals surface area contributed by atoms with Crippen LogP contribution in [-0.4, -0.2) is 58.7 Å². The minimum absolute atomic E-state index is 0.133. The Morgan fingerprint density at radius 1 is 0.750 bits per heavy atom. The Kier molecular flexibility index (Phi) is 15.7. The van der Waals surface area contributed by atoms with Crippen molar-refractivity contribution in [1.82, 2.24) is 14.8 Å². The summed E-state index contributed by atoms with van der Waals surface area (Å²) in [6.45, 7) is 4.09. The summed E-state index contributed by atoms with van der Waals surface area (Å²) in [5, 5.41) is 2.83. The number of nitrogens with zero attached hydrogens (tertiary/aromatic N) is 3. The summed E-state index contributed by atoms with van der Waals surface area (Å²) in [5.74, 6) is -0.343. The highest BCUT2D eigenvalue weighted by atomic mass is 16.2. The summed E-state index contributed by atoms with van der Waals surface area (Å²) >= 11 is 0. The average Bonchev–Trinajstić information content (AvgIpc) is 3.06. The van der Waals surface area contributed by atoms with Crippen LogP contribution in [0.4, 0.5) is 5.69 Å². The zero-order valence-electron chi connectivity index (χ0n) is 25.9. The topological polar surface area (TPSA) is 82.6 Å². The van der Waals surface area contributed by atoms with Gasteiger partial charge in [0.1, 0.15) is 0 Å². The third-order valence-corrected chi connectivity index (χ3v) is 7.17. The Morgan fingerprint density at radius 3 is 1.95 bits per heavy atom. The van der Waals surface area contributed by atoms with Crippen LogP contribution in [0, 0.1) is 0 Å². The molecule has 1 aromatic carbocycles. The monoisotopic (exact) mass is 594 g/mol. The van der Waals surface area contributed by atoms with Crippen molar-refractivity contribution in [2.24, 2.45) is 0 Å². The van der Waals surface area contributed by atoms with Crippen molar-refractivity contribution in [2.75, 3.05) is 31.5 Å². The maximum absolute atomic E-state index is 13.3. The van der Waals surface area contributed by atoms with Gasteiger partial charge in [0.15, 0.2) is 0 Å². The molecular weight excluding hydrogens is 548 g/mol.